The number of anilines is 1. The number of nitriles is 2. The maximum atomic E-state index is 13.0. The number of allylic oxidation sites excluding steroid dienone is 1. The Bertz CT molecular complexity index is 691. The lowest BCUT2D eigenvalue weighted by molar-refractivity contribution is 0.624. The van der Waals surface area contributed by atoms with Gasteiger partial charge in [-0.15, -0.1) is 0 Å². The first-order chi connectivity index (χ1) is 8.72. The summed E-state index contributed by atoms with van der Waals surface area (Å²) in [6.45, 7) is 0. The highest BCUT2D eigenvalue weighted by Gasteiger charge is 1.99. The maximum Gasteiger partial charge on any atom is 0.145 e. The fourth-order valence-electron chi connectivity index (χ4n) is 1.44. The monoisotopic (exact) mass is 238 g/mol. The van der Waals surface area contributed by atoms with E-state index in [4.69, 9.17) is 10.5 Å². The third-order valence-electron chi connectivity index (χ3n) is 2.27. The molecule has 0 atom stereocenters. The Morgan fingerprint density at radius 2 is 2.06 bits per heavy atom. The average molecular weight is 238 g/mol. The van der Waals surface area contributed by atoms with E-state index >= 15 is 0 Å². The van der Waals surface area contributed by atoms with Gasteiger partial charge in [0.15, 0.2) is 0 Å². The molecule has 0 bridgehead atoms. The van der Waals surface area contributed by atoms with E-state index in [-0.39, 0.29) is 5.57 Å². The highest BCUT2D eigenvalue weighted by molar-refractivity contribution is 5.82. The van der Waals surface area contributed by atoms with E-state index in [0.29, 0.717) is 16.6 Å². The molecule has 0 unspecified atom stereocenters. The van der Waals surface area contributed by atoms with Gasteiger partial charge in [-0.1, -0.05) is 0 Å². The number of nitrogens with one attached hydrogen (secondary N) is 1. The number of hydrogen-bond donors (Lipinski definition) is 1. The summed E-state index contributed by atoms with van der Waals surface area (Å²) in [7, 11) is 0. The second-order valence-corrected chi connectivity index (χ2v) is 3.49. The molecule has 0 aliphatic heterocycles. The molecule has 0 amide bonds. The van der Waals surface area contributed by atoms with Crippen molar-refractivity contribution in [2.75, 3.05) is 5.32 Å². The first kappa shape index (κ1) is 11.6. The third kappa shape index (κ3) is 2.42. The fraction of sp³-hybridized carbons (Fsp3) is 0. The Kier molecular flexibility index (Phi) is 3.17. The molecule has 0 fully saturated rings. The van der Waals surface area contributed by atoms with E-state index in [1.54, 1.807) is 30.3 Å². The van der Waals surface area contributed by atoms with Crippen LogP contribution in [-0.2, 0) is 0 Å². The van der Waals surface area contributed by atoms with E-state index in [1.807, 2.05) is 0 Å². The number of fused-ring (bicyclic) bond motifs is 1. The number of nitrogens with zero attached hydrogens (tertiary/aromatic N) is 3. The van der Waals surface area contributed by atoms with Gasteiger partial charge in [-0.05, 0) is 24.3 Å². The van der Waals surface area contributed by atoms with Crippen molar-refractivity contribution >= 4 is 16.6 Å². The first-order valence-corrected chi connectivity index (χ1v) is 5.05. The molecule has 0 aliphatic carbocycles. The first-order valence-electron chi connectivity index (χ1n) is 5.05. The van der Waals surface area contributed by atoms with Gasteiger partial charge in [-0.25, -0.2) is 4.39 Å². The van der Waals surface area contributed by atoms with Crippen LogP contribution in [0.2, 0.25) is 0 Å². The van der Waals surface area contributed by atoms with Crippen LogP contribution in [0.25, 0.3) is 10.9 Å². The molecule has 0 saturated carbocycles. The smallest absolute Gasteiger partial charge is 0.145 e. The van der Waals surface area contributed by atoms with Crippen molar-refractivity contribution in [3.63, 3.8) is 0 Å². The van der Waals surface area contributed by atoms with E-state index in [1.165, 1.54) is 12.3 Å². The molecule has 0 aliphatic rings. The summed E-state index contributed by atoms with van der Waals surface area (Å²) >= 11 is 0. The van der Waals surface area contributed by atoms with E-state index < -0.39 is 5.82 Å². The molecule has 5 heteroatoms. The summed E-state index contributed by atoms with van der Waals surface area (Å²) in [4.78, 5) is 3.93. The van der Waals surface area contributed by atoms with Crippen LogP contribution in [0.1, 0.15) is 0 Å². The lowest BCUT2D eigenvalue weighted by Crippen LogP contribution is -1.90. The van der Waals surface area contributed by atoms with Gasteiger partial charge >= 0.3 is 0 Å². The van der Waals surface area contributed by atoms with Gasteiger partial charge < -0.3 is 5.32 Å². The minimum Gasteiger partial charge on any atom is -0.360 e. The number of hydrogen-bond acceptors (Lipinski definition) is 4. The molecular weight excluding hydrogens is 231 g/mol. The van der Waals surface area contributed by atoms with Crippen molar-refractivity contribution in [2.24, 2.45) is 0 Å². The van der Waals surface area contributed by atoms with Crippen LogP contribution in [0.3, 0.4) is 0 Å². The lowest BCUT2D eigenvalue weighted by Gasteiger charge is -2.02. The van der Waals surface area contributed by atoms with Gasteiger partial charge in [-0.2, -0.15) is 10.5 Å². The molecule has 86 valence electrons. The summed E-state index contributed by atoms with van der Waals surface area (Å²) in [6, 6.07) is 9.98. The highest BCUT2D eigenvalue weighted by Crippen LogP contribution is 2.18. The number of aromatic nitrogens is 1. The summed E-state index contributed by atoms with van der Waals surface area (Å²) < 4.78 is 13.0. The van der Waals surface area contributed by atoms with Crippen molar-refractivity contribution < 1.29 is 4.39 Å². The second kappa shape index (κ2) is 4.94. The molecule has 2 aromatic rings. The predicted molar refractivity (Wildman–Crippen MR) is 64.6 cm³/mol. The van der Waals surface area contributed by atoms with Crippen LogP contribution in [-0.4, -0.2) is 4.98 Å². The lowest BCUT2D eigenvalue weighted by atomic mass is 10.2. The fourth-order valence-corrected chi connectivity index (χ4v) is 1.44. The summed E-state index contributed by atoms with van der Waals surface area (Å²) in [6.07, 6.45) is 2.45. The number of rotatable bonds is 2. The second-order valence-electron chi connectivity index (χ2n) is 3.49. The number of benzene rings is 1. The zero-order valence-corrected chi connectivity index (χ0v) is 9.18. The maximum absolute atomic E-state index is 13.0. The van der Waals surface area contributed by atoms with Crippen molar-refractivity contribution in [1.29, 1.82) is 10.5 Å². The Morgan fingerprint density at radius 3 is 2.78 bits per heavy atom. The Morgan fingerprint density at radius 1 is 1.28 bits per heavy atom. The van der Waals surface area contributed by atoms with E-state index in [2.05, 4.69) is 10.3 Å². The molecule has 0 spiro atoms. The summed E-state index contributed by atoms with van der Waals surface area (Å²) in [5.74, 6) is -0.412. The van der Waals surface area contributed by atoms with Gasteiger partial charge in [0.05, 0.1) is 11.7 Å². The van der Waals surface area contributed by atoms with Crippen LogP contribution >= 0.6 is 0 Å². The molecule has 18 heavy (non-hydrogen) atoms. The van der Waals surface area contributed by atoms with Crippen molar-refractivity contribution in [1.82, 2.24) is 4.98 Å². The van der Waals surface area contributed by atoms with Crippen LogP contribution in [0.15, 0.2) is 42.2 Å². The quantitative estimate of drug-likeness (QED) is 0.816. The summed E-state index contributed by atoms with van der Waals surface area (Å²) in [5, 5.41) is 20.6. The molecule has 1 aromatic heterocycles. The third-order valence-corrected chi connectivity index (χ3v) is 2.27. The van der Waals surface area contributed by atoms with Crippen molar-refractivity contribution in [3.05, 3.63) is 48.1 Å². The molecule has 0 saturated heterocycles. The van der Waals surface area contributed by atoms with Crippen molar-refractivity contribution in [3.8, 4) is 12.1 Å². The Balaban J connectivity index is 2.34. The normalized spacial score (nSPS) is 9.28. The van der Waals surface area contributed by atoms with Crippen LogP contribution in [0.5, 0.6) is 0 Å². The summed E-state index contributed by atoms with van der Waals surface area (Å²) in [5.41, 5.74) is 1.29. The van der Waals surface area contributed by atoms with Crippen LogP contribution in [0, 0.1) is 28.5 Å². The van der Waals surface area contributed by atoms with Gasteiger partial charge in [0.2, 0.25) is 0 Å². The van der Waals surface area contributed by atoms with Crippen LogP contribution in [0.4, 0.5) is 10.1 Å². The SMILES string of the molecule is N#CC(C#N)=CNc1ccc2ncc(F)cc2c1. The minimum atomic E-state index is -0.412. The van der Waals surface area contributed by atoms with Gasteiger partial charge in [0, 0.05) is 17.3 Å². The standard InChI is InChI=1S/C13H7FN4/c14-11-3-10-4-12(1-2-13(10)18-8-11)17-7-9(5-15)6-16/h1-4,7-8,17H. The molecule has 4 nitrogen and oxygen atoms in total. The topological polar surface area (TPSA) is 72.5 Å². The molecule has 1 aromatic carbocycles. The average Bonchev–Trinajstić information content (AvgIpc) is 2.39. The van der Waals surface area contributed by atoms with Gasteiger partial charge in [-0.3, -0.25) is 4.98 Å². The highest BCUT2D eigenvalue weighted by atomic mass is 19.1. The molecule has 1 N–H and O–H groups in total. The van der Waals surface area contributed by atoms with Crippen LogP contribution < -0.4 is 5.32 Å². The number of pyridine rings is 1. The Labute approximate surface area is 103 Å². The number of halogens is 1. The largest absolute Gasteiger partial charge is 0.360 e. The van der Waals surface area contributed by atoms with Crippen molar-refractivity contribution in [2.45, 2.75) is 0 Å². The van der Waals surface area contributed by atoms with Gasteiger partial charge in [0.25, 0.3) is 0 Å². The molecule has 1 heterocycles. The van der Waals surface area contributed by atoms with E-state index in [9.17, 15) is 4.39 Å². The predicted octanol–water partition coefficient (Wildman–Crippen LogP) is 2.72. The molecular formula is C13H7FN4. The molecule has 2 rings (SSSR count). The van der Waals surface area contributed by atoms with E-state index in [0.717, 1.165) is 6.20 Å². The zero-order valence-electron chi connectivity index (χ0n) is 9.18. The minimum absolute atomic E-state index is 0.0348. The zero-order chi connectivity index (χ0) is 13.0. The Hall–Kier alpha value is -2.92. The molecule has 0 radical (unpaired) electrons. The van der Waals surface area contributed by atoms with Gasteiger partial charge in [0.1, 0.15) is 23.5 Å².